The van der Waals surface area contributed by atoms with E-state index in [1.54, 1.807) is 0 Å². The summed E-state index contributed by atoms with van der Waals surface area (Å²) >= 11 is 9.26. The molecule has 0 radical (unpaired) electrons. The molecule has 6 rings (SSSR count). The summed E-state index contributed by atoms with van der Waals surface area (Å²) in [5.41, 5.74) is 6.10. The van der Waals surface area contributed by atoms with E-state index in [-0.39, 0.29) is 0 Å². The second-order valence-corrected chi connectivity index (χ2v) is 13.2. The molecule has 208 valence electrons. The first-order valence-corrected chi connectivity index (χ1v) is 15.0. The molecule has 0 saturated carbocycles. The van der Waals surface area contributed by atoms with Crippen molar-refractivity contribution in [3.8, 4) is 32.4 Å². The number of ether oxygens (including phenoxy) is 1. The maximum absolute atomic E-state index is 12.6. The Morgan fingerprint density at radius 3 is 2.49 bits per heavy atom. The molecular weight excluding hydrogens is 576 g/mol. The van der Waals surface area contributed by atoms with Crippen LogP contribution in [0.25, 0.3) is 53.5 Å². The minimum absolute atomic E-state index is 0.602. The van der Waals surface area contributed by atoms with Crippen molar-refractivity contribution in [2.75, 3.05) is 0 Å². The maximum atomic E-state index is 12.6. The largest absolute Gasteiger partial charge is 0.479 e. The van der Waals surface area contributed by atoms with Gasteiger partial charge in [-0.25, -0.2) is 14.8 Å². The Kier molecular flexibility index (Phi) is 6.94. The molecule has 7 nitrogen and oxygen atoms in total. The van der Waals surface area contributed by atoms with E-state index in [0.717, 1.165) is 59.1 Å². The second kappa shape index (κ2) is 10.3. The zero-order valence-electron chi connectivity index (χ0n) is 23.1. The topological polar surface area (TPSA) is 90.1 Å². The predicted octanol–water partition coefficient (Wildman–Crippen LogP) is 8.54. The molecule has 41 heavy (non-hydrogen) atoms. The standard InChI is InChI=1S/C31H27ClN4O3S2/c1-16-12-21-27(25(17-6-9-20(32)10-7-17)24(16)26(30(37)38)39-31(2,3)4)41-29(34-21)28-35-22(15-40-28)18-8-11-23-19(13-18)14-33-36(23)5/h6-15,26H,1-5H3,(H,37,38). The van der Waals surface area contributed by atoms with Gasteiger partial charge in [0.25, 0.3) is 0 Å². The van der Waals surface area contributed by atoms with Crippen LogP contribution in [0, 0.1) is 6.92 Å². The van der Waals surface area contributed by atoms with Crippen LogP contribution < -0.4 is 0 Å². The average molecular weight is 603 g/mol. The smallest absolute Gasteiger partial charge is 0.337 e. The predicted molar refractivity (Wildman–Crippen MR) is 167 cm³/mol. The van der Waals surface area contributed by atoms with Gasteiger partial charge in [0.15, 0.2) is 16.1 Å². The number of thiazole rings is 2. The molecule has 1 unspecified atom stereocenters. The third-order valence-electron chi connectivity index (χ3n) is 6.75. The summed E-state index contributed by atoms with van der Waals surface area (Å²) in [6, 6.07) is 15.6. The zero-order chi connectivity index (χ0) is 29.1. The van der Waals surface area contributed by atoms with Gasteiger partial charge >= 0.3 is 5.97 Å². The summed E-state index contributed by atoms with van der Waals surface area (Å²) in [6.45, 7) is 7.48. The fraction of sp³-hybridized carbons (Fsp3) is 0.226. The van der Waals surface area contributed by atoms with Gasteiger partial charge in [0.05, 0.1) is 33.2 Å². The number of carboxylic acid groups (broad SMARTS) is 1. The molecule has 0 fully saturated rings. The number of rotatable bonds is 6. The number of aromatic nitrogens is 4. The highest BCUT2D eigenvalue weighted by molar-refractivity contribution is 7.25. The highest BCUT2D eigenvalue weighted by atomic mass is 35.5. The quantitative estimate of drug-likeness (QED) is 0.205. The number of hydrogen-bond acceptors (Lipinski definition) is 7. The van der Waals surface area contributed by atoms with E-state index in [1.165, 1.54) is 22.7 Å². The third kappa shape index (κ3) is 5.26. The van der Waals surface area contributed by atoms with Crippen molar-refractivity contribution in [1.82, 2.24) is 19.7 Å². The molecule has 0 bridgehead atoms. The van der Waals surface area contributed by atoms with Crippen LogP contribution in [-0.4, -0.2) is 36.4 Å². The van der Waals surface area contributed by atoms with Crippen LogP contribution in [0.4, 0.5) is 0 Å². The highest BCUT2D eigenvalue weighted by Gasteiger charge is 2.32. The fourth-order valence-electron chi connectivity index (χ4n) is 4.96. The first-order valence-electron chi connectivity index (χ1n) is 13.0. The molecule has 0 aliphatic heterocycles. The Labute approximate surface area is 250 Å². The van der Waals surface area contributed by atoms with E-state index in [2.05, 4.69) is 23.3 Å². The van der Waals surface area contributed by atoms with Gasteiger partial charge in [-0.15, -0.1) is 22.7 Å². The lowest BCUT2D eigenvalue weighted by molar-refractivity contribution is -0.160. The van der Waals surface area contributed by atoms with Crippen LogP contribution in [0.15, 0.2) is 60.1 Å². The average Bonchev–Trinajstić information content (AvgIpc) is 3.65. The lowest BCUT2D eigenvalue weighted by Gasteiger charge is -2.28. The first-order chi connectivity index (χ1) is 19.5. The van der Waals surface area contributed by atoms with Gasteiger partial charge in [0.2, 0.25) is 0 Å². The lowest BCUT2D eigenvalue weighted by Crippen LogP contribution is -2.28. The van der Waals surface area contributed by atoms with Gasteiger partial charge in [0, 0.05) is 39.5 Å². The van der Waals surface area contributed by atoms with Crippen LogP contribution in [-0.2, 0) is 16.6 Å². The van der Waals surface area contributed by atoms with Crippen molar-refractivity contribution in [2.45, 2.75) is 39.4 Å². The van der Waals surface area contributed by atoms with E-state index < -0.39 is 17.7 Å². The van der Waals surface area contributed by atoms with Crippen molar-refractivity contribution in [1.29, 1.82) is 0 Å². The van der Waals surface area contributed by atoms with E-state index in [0.29, 0.717) is 10.6 Å². The van der Waals surface area contributed by atoms with Crippen molar-refractivity contribution in [3.63, 3.8) is 0 Å². The number of carboxylic acids is 1. The summed E-state index contributed by atoms with van der Waals surface area (Å²) in [6.07, 6.45) is 0.690. The number of carbonyl (C=O) groups is 1. The summed E-state index contributed by atoms with van der Waals surface area (Å²) in [4.78, 5) is 22.5. The van der Waals surface area contributed by atoms with E-state index in [4.69, 9.17) is 26.3 Å². The molecule has 3 heterocycles. The highest BCUT2D eigenvalue weighted by Crippen LogP contribution is 2.45. The minimum Gasteiger partial charge on any atom is -0.479 e. The van der Waals surface area contributed by atoms with Gasteiger partial charge in [-0.1, -0.05) is 29.8 Å². The van der Waals surface area contributed by atoms with Crippen molar-refractivity contribution in [3.05, 3.63) is 76.3 Å². The van der Waals surface area contributed by atoms with Gasteiger partial charge < -0.3 is 9.84 Å². The molecule has 10 heteroatoms. The SMILES string of the molecule is Cc1cc2nc(-c3nc(-c4ccc5c(cnn5C)c4)cs3)sc2c(-c2ccc(Cl)cc2)c1C(OC(C)(C)C)C(=O)O. The number of nitrogens with zero attached hydrogens (tertiary/aromatic N) is 4. The monoisotopic (exact) mass is 602 g/mol. The van der Waals surface area contributed by atoms with Crippen molar-refractivity contribution >= 4 is 61.4 Å². The van der Waals surface area contributed by atoms with Crippen molar-refractivity contribution in [2.24, 2.45) is 7.05 Å². The maximum Gasteiger partial charge on any atom is 0.337 e. The summed E-state index contributed by atoms with van der Waals surface area (Å²) in [5, 5.41) is 19.9. The number of benzene rings is 3. The minimum atomic E-state index is -1.16. The first kappa shape index (κ1) is 27.5. The van der Waals surface area contributed by atoms with E-state index in [1.807, 2.05) is 81.3 Å². The number of aryl methyl sites for hydroxylation is 2. The van der Waals surface area contributed by atoms with Gasteiger partial charge in [-0.2, -0.15) is 5.10 Å². The van der Waals surface area contributed by atoms with Crippen LogP contribution in [0.1, 0.15) is 38.0 Å². The van der Waals surface area contributed by atoms with E-state index in [9.17, 15) is 9.90 Å². The number of halogens is 1. The van der Waals surface area contributed by atoms with Gasteiger partial charge in [0.1, 0.15) is 0 Å². The Bertz CT molecular complexity index is 1930. The summed E-state index contributed by atoms with van der Waals surface area (Å²) in [5.74, 6) is -1.04. The second-order valence-electron chi connectivity index (χ2n) is 10.9. The molecule has 1 atom stereocenters. The summed E-state index contributed by atoms with van der Waals surface area (Å²) in [7, 11) is 1.93. The molecule has 0 aliphatic carbocycles. The molecule has 6 aromatic rings. The molecule has 1 N–H and O–H groups in total. The van der Waals surface area contributed by atoms with Crippen LogP contribution in [0.2, 0.25) is 5.02 Å². The Balaban J connectivity index is 1.51. The lowest BCUT2D eigenvalue weighted by atomic mass is 9.91. The number of fused-ring (bicyclic) bond motifs is 2. The number of aliphatic carboxylic acids is 1. The normalized spacial score (nSPS) is 12.8. The van der Waals surface area contributed by atoms with Gasteiger partial charge in [-0.05, 0) is 69.2 Å². The zero-order valence-corrected chi connectivity index (χ0v) is 25.5. The third-order valence-corrected chi connectivity index (χ3v) is 9.07. The van der Waals surface area contributed by atoms with Gasteiger partial charge in [-0.3, -0.25) is 4.68 Å². The molecule has 0 spiro atoms. The molecule has 0 saturated heterocycles. The molecule has 3 aromatic heterocycles. The Morgan fingerprint density at radius 2 is 1.78 bits per heavy atom. The summed E-state index contributed by atoms with van der Waals surface area (Å²) < 4.78 is 8.84. The molecule has 0 amide bonds. The van der Waals surface area contributed by atoms with Crippen molar-refractivity contribution < 1.29 is 14.6 Å². The molecule has 3 aromatic carbocycles. The Hall–Kier alpha value is -3.63. The number of hydrogen-bond donors (Lipinski definition) is 1. The fourth-order valence-corrected chi connectivity index (χ4v) is 7.07. The van der Waals surface area contributed by atoms with Crippen LogP contribution in [0.5, 0.6) is 0 Å². The van der Waals surface area contributed by atoms with E-state index >= 15 is 0 Å². The Morgan fingerprint density at radius 1 is 1.05 bits per heavy atom. The van der Waals surface area contributed by atoms with Crippen LogP contribution in [0.3, 0.4) is 0 Å². The molecule has 0 aliphatic rings. The molecular formula is C31H27ClN4O3S2. The van der Waals surface area contributed by atoms with Crippen LogP contribution >= 0.6 is 34.3 Å².